The first-order chi connectivity index (χ1) is 3.00. The normalized spacial score (nSPS) is 24.0. The molecule has 1 heterocycles. The van der Waals surface area contributed by atoms with Gasteiger partial charge in [0.25, 0.3) is 0 Å². The van der Waals surface area contributed by atoms with Crippen LogP contribution in [0.4, 0.5) is 0 Å². The zero-order chi connectivity index (χ0) is 4.24. The van der Waals surface area contributed by atoms with Gasteiger partial charge in [-0.25, -0.2) is 0 Å². The fourth-order valence-electron chi connectivity index (χ4n) is 0.0680. The van der Waals surface area contributed by atoms with Crippen molar-refractivity contribution in [3.05, 3.63) is 0 Å². The third-order valence-corrected chi connectivity index (χ3v) is 29.1. The number of hydrogen-bond acceptors (Lipinski definition) is 4. The Bertz CT molecular complexity index is 21.0. The van der Waals surface area contributed by atoms with Gasteiger partial charge in [-0.05, 0) is 0 Å². The number of rotatable bonds is 0. The summed E-state index contributed by atoms with van der Waals surface area (Å²) in [6.07, 6.45) is 0. The van der Waals surface area contributed by atoms with E-state index in [1.54, 1.807) is 0 Å². The Morgan fingerprint density at radius 3 is 1.83 bits per heavy atom. The standard InChI is InChI=1S/S4Se2/c1-2-5-4-6-3-1. The van der Waals surface area contributed by atoms with Gasteiger partial charge in [-0.1, -0.05) is 0 Å². The molecule has 6 heavy (non-hydrogen) atoms. The van der Waals surface area contributed by atoms with E-state index in [0.29, 0.717) is 0 Å². The van der Waals surface area contributed by atoms with Crippen LogP contribution in [0.5, 0.6) is 0 Å². The van der Waals surface area contributed by atoms with Crippen molar-refractivity contribution in [2.75, 3.05) is 0 Å². The van der Waals surface area contributed by atoms with Crippen molar-refractivity contribution in [1.82, 2.24) is 0 Å². The van der Waals surface area contributed by atoms with E-state index in [4.69, 9.17) is 0 Å². The average Bonchev–Trinajstić information content (AvgIpc) is 1.72. The second-order valence-corrected chi connectivity index (χ2v) is 20.1. The summed E-state index contributed by atoms with van der Waals surface area (Å²) in [5, 5.41) is 0. The molecule has 1 aliphatic heterocycles. The van der Waals surface area contributed by atoms with Gasteiger partial charge in [-0.15, -0.1) is 0 Å². The van der Waals surface area contributed by atoms with Gasteiger partial charge in [0.15, 0.2) is 0 Å². The van der Waals surface area contributed by atoms with Crippen LogP contribution in [-0.2, 0) is 0 Å². The molecule has 1 rings (SSSR count). The molecule has 0 N–H and O–H groups in total. The summed E-state index contributed by atoms with van der Waals surface area (Å²) in [6.45, 7) is 0. The Balaban J connectivity index is 2.00. The second kappa shape index (κ2) is 4.33. The van der Waals surface area contributed by atoms with Crippen LogP contribution in [-0.4, -0.2) is 25.4 Å². The van der Waals surface area contributed by atoms with Crippen molar-refractivity contribution >= 4 is 62.3 Å². The van der Waals surface area contributed by atoms with Gasteiger partial charge in [0.1, 0.15) is 0 Å². The molecule has 0 aliphatic carbocycles. The average molecular weight is 286 g/mol. The van der Waals surface area contributed by atoms with Crippen molar-refractivity contribution in [2.45, 2.75) is 0 Å². The Hall–Kier alpha value is 2.44. The molecule has 0 aromatic heterocycles. The summed E-state index contributed by atoms with van der Waals surface area (Å²) in [5.74, 6) is 0. The molecule has 0 saturated carbocycles. The van der Waals surface area contributed by atoms with Crippen molar-refractivity contribution < 1.29 is 0 Å². The van der Waals surface area contributed by atoms with E-state index in [1.165, 1.54) is 0 Å². The molecular formula is S4Se2. The summed E-state index contributed by atoms with van der Waals surface area (Å²) >= 11 is 1.71. The van der Waals surface area contributed by atoms with Gasteiger partial charge >= 0.3 is 62.3 Å². The van der Waals surface area contributed by atoms with E-state index in [2.05, 4.69) is 8.60 Å². The van der Waals surface area contributed by atoms with Crippen LogP contribution in [0, 0.1) is 0 Å². The SMILES string of the molecule is S1S[Se]S[Se]S1. The zero-order valence-electron chi connectivity index (χ0n) is 2.45. The first-order valence-electron chi connectivity index (χ1n) is 1.00. The van der Waals surface area contributed by atoms with Crippen LogP contribution in [0.25, 0.3) is 0 Å². The molecule has 6 heteroatoms. The fourth-order valence-corrected chi connectivity index (χ4v) is 42.6. The molecule has 0 spiro atoms. The summed E-state index contributed by atoms with van der Waals surface area (Å²) in [5.41, 5.74) is 0. The zero-order valence-corrected chi connectivity index (χ0v) is 9.14. The monoisotopic (exact) mass is 288 g/mol. The molecule has 36 valence electrons. The predicted octanol–water partition coefficient (Wildman–Crippen LogP) is 1.83. The van der Waals surface area contributed by atoms with Crippen LogP contribution in [0.1, 0.15) is 0 Å². The van der Waals surface area contributed by atoms with Crippen molar-refractivity contribution in [3.8, 4) is 0 Å². The van der Waals surface area contributed by atoms with Gasteiger partial charge in [-0.2, -0.15) is 0 Å². The second-order valence-electron chi connectivity index (χ2n) is 0.408. The first kappa shape index (κ1) is 6.56. The van der Waals surface area contributed by atoms with Crippen LogP contribution in [0.15, 0.2) is 0 Å². The van der Waals surface area contributed by atoms with E-state index in [0.717, 1.165) is 25.4 Å². The van der Waals surface area contributed by atoms with Crippen LogP contribution >= 0.6 is 36.8 Å². The molecule has 0 unspecified atom stereocenters. The molecule has 1 fully saturated rings. The van der Waals surface area contributed by atoms with Crippen molar-refractivity contribution in [3.63, 3.8) is 0 Å². The molecule has 0 atom stereocenters. The minimum atomic E-state index is 0.857. The molecule has 1 saturated heterocycles. The van der Waals surface area contributed by atoms with Crippen LogP contribution in [0.2, 0.25) is 0 Å². The van der Waals surface area contributed by atoms with Gasteiger partial charge in [-0.3, -0.25) is 0 Å². The summed E-state index contributed by atoms with van der Waals surface area (Å²) < 4.78 is 0. The molecule has 0 aromatic carbocycles. The van der Waals surface area contributed by atoms with Crippen LogP contribution in [0.3, 0.4) is 0 Å². The van der Waals surface area contributed by atoms with E-state index in [-0.39, 0.29) is 0 Å². The van der Waals surface area contributed by atoms with E-state index < -0.39 is 0 Å². The van der Waals surface area contributed by atoms with E-state index in [1.807, 2.05) is 28.2 Å². The third-order valence-electron chi connectivity index (χ3n) is 0.167. The maximum absolute atomic E-state index is 2.12. The summed E-state index contributed by atoms with van der Waals surface area (Å²) in [4.78, 5) is 0. The van der Waals surface area contributed by atoms with E-state index >= 15 is 0 Å². The molecule has 0 amide bonds. The fraction of sp³-hybridized carbons (Fsp3) is 0. The van der Waals surface area contributed by atoms with Gasteiger partial charge in [0, 0.05) is 0 Å². The van der Waals surface area contributed by atoms with Gasteiger partial charge in [0.05, 0.1) is 0 Å². The van der Waals surface area contributed by atoms with E-state index in [9.17, 15) is 0 Å². The molecule has 0 nitrogen and oxygen atoms in total. The Kier molecular flexibility index (Phi) is 4.73. The first-order valence-corrected chi connectivity index (χ1v) is 13.4. The Morgan fingerprint density at radius 1 is 1.00 bits per heavy atom. The topological polar surface area (TPSA) is 0 Å². The summed E-state index contributed by atoms with van der Waals surface area (Å²) in [7, 11) is 8.12. The molecule has 0 aromatic rings. The van der Waals surface area contributed by atoms with Crippen LogP contribution < -0.4 is 0 Å². The van der Waals surface area contributed by atoms with Gasteiger partial charge in [0.2, 0.25) is 0 Å². The third kappa shape index (κ3) is 2.67. The molecule has 0 bridgehead atoms. The van der Waals surface area contributed by atoms with Gasteiger partial charge < -0.3 is 0 Å². The molecule has 0 radical (unpaired) electrons. The molecule has 1 aliphatic rings. The maximum atomic E-state index is 2.12. The minimum absolute atomic E-state index is 0.857. The van der Waals surface area contributed by atoms with Crippen molar-refractivity contribution in [2.24, 2.45) is 0 Å². The quantitative estimate of drug-likeness (QED) is 0.492. The summed E-state index contributed by atoms with van der Waals surface area (Å²) in [6, 6.07) is 0. The molecular weight excluding hydrogens is 286 g/mol. The predicted molar refractivity (Wildman–Crippen MR) is 41.9 cm³/mol. The Morgan fingerprint density at radius 2 is 1.67 bits per heavy atom. The Labute approximate surface area is 61.5 Å². The number of hydrogen-bond donors (Lipinski definition) is 0. The van der Waals surface area contributed by atoms with Crippen molar-refractivity contribution in [1.29, 1.82) is 0 Å².